The third kappa shape index (κ3) is 2.94. The van der Waals surface area contributed by atoms with Crippen molar-refractivity contribution in [1.82, 2.24) is 5.32 Å². The van der Waals surface area contributed by atoms with Crippen LogP contribution in [0.15, 0.2) is 18.2 Å². The first-order valence-corrected chi connectivity index (χ1v) is 5.75. The molecule has 0 radical (unpaired) electrons. The Balaban J connectivity index is 1.97. The summed E-state index contributed by atoms with van der Waals surface area (Å²) in [6.07, 6.45) is 1.13. The van der Waals surface area contributed by atoms with Gasteiger partial charge in [-0.3, -0.25) is 10.1 Å². The molecule has 0 bridgehead atoms. The molecule has 1 saturated heterocycles. The molecule has 1 aliphatic heterocycles. The van der Waals surface area contributed by atoms with Gasteiger partial charge in [-0.1, -0.05) is 0 Å². The van der Waals surface area contributed by atoms with Crippen molar-refractivity contribution in [3.63, 3.8) is 0 Å². The lowest BCUT2D eigenvalue weighted by Crippen LogP contribution is -2.15. The topological polar surface area (TPSA) is 64.4 Å². The van der Waals surface area contributed by atoms with Crippen LogP contribution in [0.4, 0.5) is 5.69 Å². The molecule has 17 heavy (non-hydrogen) atoms. The number of nitro benzene ring substituents is 1. The zero-order valence-corrected chi connectivity index (χ0v) is 9.81. The molecular formula is C12H16N2O3. The molecule has 0 amide bonds. The van der Waals surface area contributed by atoms with Crippen LogP contribution in [-0.2, 0) is 0 Å². The summed E-state index contributed by atoms with van der Waals surface area (Å²) in [4.78, 5) is 10.3. The molecule has 1 aromatic carbocycles. The van der Waals surface area contributed by atoms with E-state index in [0.717, 1.165) is 19.5 Å². The van der Waals surface area contributed by atoms with Crippen molar-refractivity contribution in [3.8, 4) is 5.75 Å². The Kier molecular flexibility index (Phi) is 3.58. The van der Waals surface area contributed by atoms with Crippen LogP contribution in [-0.4, -0.2) is 24.6 Å². The number of benzene rings is 1. The molecule has 1 N–H and O–H groups in total. The van der Waals surface area contributed by atoms with Gasteiger partial charge in [0.2, 0.25) is 0 Å². The van der Waals surface area contributed by atoms with E-state index in [-0.39, 0.29) is 10.6 Å². The maximum Gasteiger partial charge on any atom is 0.272 e. The van der Waals surface area contributed by atoms with Gasteiger partial charge < -0.3 is 10.1 Å². The summed E-state index contributed by atoms with van der Waals surface area (Å²) in [5.74, 6) is 1.26. The van der Waals surface area contributed by atoms with E-state index in [4.69, 9.17) is 4.74 Å². The zero-order chi connectivity index (χ0) is 12.3. The van der Waals surface area contributed by atoms with Gasteiger partial charge in [0.15, 0.2) is 0 Å². The van der Waals surface area contributed by atoms with Gasteiger partial charge in [0, 0.05) is 24.1 Å². The number of nitrogens with zero attached hydrogens (tertiary/aromatic N) is 1. The molecule has 2 rings (SSSR count). The molecule has 1 aromatic rings. The Bertz CT molecular complexity index is 414. The van der Waals surface area contributed by atoms with Crippen LogP contribution in [0.2, 0.25) is 0 Å². The molecule has 5 nitrogen and oxygen atoms in total. The van der Waals surface area contributed by atoms with Gasteiger partial charge in [-0.05, 0) is 32.0 Å². The largest absolute Gasteiger partial charge is 0.493 e. The number of aryl methyl sites for hydroxylation is 1. The number of hydrogen-bond acceptors (Lipinski definition) is 4. The maximum absolute atomic E-state index is 10.7. The number of nitro groups is 1. The number of rotatable bonds is 4. The molecule has 1 heterocycles. The predicted octanol–water partition coefficient (Wildman–Crippen LogP) is 1.89. The second-order valence-electron chi connectivity index (χ2n) is 4.38. The van der Waals surface area contributed by atoms with E-state index in [1.165, 1.54) is 6.07 Å². The van der Waals surface area contributed by atoms with Crippen molar-refractivity contribution in [2.24, 2.45) is 5.92 Å². The van der Waals surface area contributed by atoms with Crippen LogP contribution in [0.5, 0.6) is 5.75 Å². The summed E-state index contributed by atoms with van der Waals surface area (Å²) in [5.41, 5.74) is 0.775. The Morgan fingerprint density at radius 1 is 1.59 bits per heavy atom. The van der Waals surface area contributed by atoms with Crippen LogP contribution in [0.25, 0.3) is 0 Å². The fourth-order valence-corrected chi connectivity index (χ4v) is 1.99. The lowest BCUT2D eigenvalue weighted by Gasteiger charge is -2.11. The highest BCUT2D eigenvalue weighted by Gasteiger charge is 2.16. The second kappa shape index (κ2) is 5.14. The van der Waals surface area contributed by atoms with Crippen molar-refractivity contribution in [2.45, 2.75) is 13.3 Å². The van der Waals surface area contributed by atoms with Crippen molar-refractivity contribution in [1.29, 1.82) is 0 Å². The SMILES string of the molecule is Cc1cc(OC[C@@H]2CCNC2)ccc1[N+](=O)[O-]. The third-order valence-electron chi connectivity index (χ3n) is 3.01. The van der Waals surface area contributed by atoms with Gasteiger partial charge >= 0.3 is 0 Å². The minimum absolute atomic E-state index is 0.139. The Labute approximate surface area is 99.9 Å². The molecule has 92 valence electrons. The van der Waals surface area contributed by atoms with Crippen LogP contribution >= 0.6 is 0 Å². The molecule has 1 atom stereocenters. The highest BCUT2D eigenvalue weighted by Crippen LogP contribution is 2.23. The molecular weight excluding hydrogens is 220 g/mol. The lowest BCUT2D eigenvalue weighted by molar-refractivity contribution is -0.385. The van der Waals surface area contributed by atoms with Crippen molar-refractivity contribution in [2.75, 3.05) is 19.7 Å². The summed E-state index contributed by atoms with van der Waals surface area (Å²) < 4.78 is 5.64. The number of ether oxygens (including phenoxy) is 1. The van der Waals surface area contributed by atoms with Gasteiger partial charge in [0.1, 0.15) is 5.75 Å². The Morgan fingerprint density at radius 3 is 3.00 bits per heavy atom. The van der Waals surface area contributed by atoms with Crippen LogP contribution in [0, 0.1) is 23.0 Å². The summed E-state index contributed by atoms with van der Waals surface area (Å²) >= 11 is 0. The normalized spacial score (nSPS) is 19.2. The van der Waals surface area contributed by atoms with Crippen LogP contribution < -0.4 is 10.1 Å². The van der Waals surface area contributed by atoms with E-state index < -0.39 is 0 Å². The van der Waals surface area contributed by atoms with Crippen molar-refractivity contribution in [3.05, 3.63) is 33.9 Å². The van der Waals surface area contributed by atoms with Gasteiger partial charge in [-0.2, -0.15) is 0 Å². The monoisotopic (exact) mass is 236 g/mol. The van der Waals surface area contributed by atoms with E-state index in [2.05, 4.69) is 5.32 Å². The zero-order valence-electron chi connectivity index (χ0n) is 9.81. The fourth-order valence-electron chi connectivity index (χ4n) is 1.99. The van der Waals surface area contributed by atoms with E-state index in [1.807, 2.05) is 0 Å². The molecule has 0 aromatic heterocycles. The van der Waals surface area contributed by atoms with E-state index in [9.17, 15) is 10.1 Å². The van der Waals surface area contributed by atoms with Gasteiger partial charge in [-0.15, -0.1) is 0 Å². The maximum atomic E-state index is 10.7. The number of hydrogen-bond donors (Lipinski definition) is 1. The van der Waals surface area contributed by atoms with Gasteiger partial charge in [0.25, 0.3) is 5.69 Å². The lowest BCUT2D eigenvalue weighted by atomic mass is 10.1. The highest BCUT2D eigenvalue weighted by atomic mass is 16.6. The van der Waals surface area contributed by atoms with Gasteiger partial charge in [-0.25, -0.2) is 0 Å². The van der Waals surface area contributed by atoms with E-state index in [0.29, 0.717) is 23.8 Å². The number of nitrogens with one attached hydrogen (secondary N) is 1. The van der Waals surface area contributed by atoms with Crippen molar-refractivity contribution < 1.29 is 9.66 Å². The molecule has 1 aliphatic rings. The van der Waals surface area contributed by atoms with Crippen LogP contribution in [0.1, 0.15) is 12.0 Å². The minimum Gasteiger partial charge on any atom is -0.493 e. The molecule has 1 fully saturated rings. The standard InChI is InChI=1S/C12H16N2O3/c1-9-6-11(2-3-12(9)14(15)16)17-8-10-4-5-13-7-10/h2-3,6,10,13H,4-5,7-8H2,1H3/t10-/m1/s1. The summed E-state index contributed by atoms with van der Waals surface area (Å²) in [7, 11) is 0. The van der Waals surface area contributed by atoms with E-state index in [1.54, 1.807) is 19.1 Å². The van der Waals surface area contributed by atoms with E-state index >= 15 is 0 Å². The molecule has 0 saturated carbocycles. The smallest absolute Gasteiger partial charge is 0.272 e. The third-order valence-corrected chi connectivity index (χ3v) is 3.01. The molecule has 0 aliphatic carbocycles. The van der Waals surface area contributed by atoms with Crippen LogP contribution in [0.3, 0.4) is 0 Å². The first-order chi connectivity index (χ1) is 8.16. The molecule has 5 heteroatoms. The fraction of sp³-hybridized carbons (Fsp3) is 0.500. The predicted molar refractivity (Wildman–Crippen MR) is 64.3 cm³/mol. The minimum atomic E-state index is -0.375. The second-order valence-corrected chi connectivity index (χ2v) is 4.38. The summed E-state index contributed by atoms with van der Waals surface area (Å²) in [5, 5.41) is 13.9. The quantitative estimate of drug-likeness (QED) is 0.640. The molecule has 0 unspecified atom stereocenters. The van der Waals surface area contributed by atoms with Crippen molar-refractivity contribution >= 4 is 5.69 Å². The first-order valence-electron chi connectivity index (χ1n) is 5.75. The van der Waals surface area contributed by atoms with Gasteiger partial charge in [0.05, 0.1) is 11.5 Å². The first kappa shape index (κ1) is 11.9. The Hall–Kier alpha value is -1.62. The Morgan fingerprint density at radius 2 is 2.41 bits per heavy atom. The summed E-state index contributed by atoms with van der Waals surface area (Å²) in [6, 6.07) is 4.88. The average molecular weight is 236 g/mol. The highest BCUT2D eigenvalue weighted by molar-refractivity contribution is 5.44. The average Bonchev–Trinajstić information content (AvgIpc) is 2.78. The summed E-state index contributed by atoms with van der Waals surface area (Å²) in [6.45, 7) is 4.44. The molecule has 0 spiro atoms.